The van der Waals surface area contributed by atoms with Gasteiger partial charge < -0.3 is 0 Å². The van der Waals surface area contributed by atoms with Crippen molar-refractivity contribution in [3.05, 3.63) is 21.9 Å². The van der Waals surface area contributed by atoms with E-state index in [9.17, 15) is 4.79 Å². The molecule has 0 aliphatic carbocycles. The molecule has 0 saturated heterocycles. The molecule has 1 amide bonds. The van der Waals surface area contributed by atoms with Crippen molar-refractivity contribution in [3.63, 3.8) is 0 Å². The lowest BCUT2D eigenvalue weighted by Gasteiger charge is -2.25. The molecule has 0 saturated carbocycles. The van der Waals surface area contributed by atoms with Gasteiger partial charge in [-0.2, -0.15) is 0 Å². The molecule has 0 aliphatic rings. The van der Waals surface area contributed by atoms with Crippen molar-refractivity contribution in [2.75, 3.05) is 6.54 Å². The number of nitrogens with zero attached hydrogens (tertiary/aromatic N) is 1. The fraction of sp³-hybridized carbons (Fsp3) is 0.643. The van der Waals surface area contributed by atoms with Gasteiger partial charge in [0.15, 0.2) is 0 Å². The normalized spacial score (nSPS) is 11.3. The highest BCUT2D eigenvalue weighted by molar-refractivity contribution is 7.14. The molecule has 1 aromatic heterocycles. The third kappa shape index (κ3) is 5.30. The van der Waals surface area contributed by atoms with E-state index in [0.29, 0.717) is 10.9 Å². The molecule has 3 N–H and O–H groups in total. The molecule has 0 spiro atoms. The van der Waals surface area contributed by atoms with E-state index >= 15 is 0 Å². The molecule has 0 unspecified atom stereocenters. The minimum Gasteiger partial charge on any atom is -0.296 e. The van der Waals surface area contributed by atoms with Crippen LogP contribution in [0, 0.1) is 0 Å². The highest BCUT2D eigenvalue weighted by Gasteiger charge is 2.13. The first-order valence-electron chi connectivity index (χ1n) is 6.92. The summed E-state index contributed by atoms with van der Waals surface area (Å²) < 4.78 is 0. The van der Waals surface area contributed by atoms with E-state index in [1.807, 2.05) is 12.1 Å². The lowest BCUT2D eigenvalue weighted by atomic mass is 10.2. The summed E-state index contributed by atoms with van der Waals surface area (Å²) in [5.41, 5.74) is 2.17. The van der Waals surface area contributed by atoms with Crippen molar-refractivity contribution in [1.82, 2.24) is 10.3 Å². The van der Waals surface area contributed by atoms with Gasteiger partial charge in [0.25, 0.3) is 5.91 Å². The summed E-state index contributed by atoms with van der Waals surface area (Å²) in [6.07, 6.45) is 3.75. The van der Waals surface area contributed by atoms with Gasteiger partial charge in [-0.25, -0.2) is 5.84 Å². The first-order valence-corrected chi connectivity index (χ1v) is 7.73. The minimum absolute atomic E-state index is 0.210. The van der Waals surface area contributed by atoms with E-state index in [4.69, 9.17) is 5.84 Å². The summed E-state index contributed by atoms with van der Waals surface area (Å²) in [6.45, 7) is 8.67. The maximum Gasteiger partial charge on any atom is 0.275 e. The van der Waals surface area contributed by atoms with Crippen LogP contribution in [0.1, 0.15) is 54.6 Å². The molecular formula is C14H25N3OS. The Balaban J connectivity index is 2.58. The third-order valence-electron chi connectivity index (χ3n) is 3.15. The zero-order chi connectivity index (χ0) is 14.3. The van der Waals surface area contributed by atoms with Crippen LogP contribution in [0.5, 0.6) is 0 Å². The van der Waals surface area contributed by atoms with Crippen molar-refractivity contribution < 1.29 is 4.79 Å². The van der Waals surface area contributed by atoms with Gasteiger partial charge in [-0.1, -0.05) is 19.8 Å². The maximum atomic E-state index is 11.4. The largest absolute Gasteiger partial charge is 0.296 e. The lowest BCUT2D eigenvalue weighted by molar-refractivity contribution is 0.0957. The highest BCUT2D eigenvalue weighted by Crippen LogP contribution is 2.19. The Morgan fingerprint density at radius 2 is 2.16 bits per heavy atom. The van der Waals surface area contributed by atoms with E-state index in [1.54, 1.807) is 0 Å². The van der Waals surface area contributed by atoms with Crippen LogP contribution in [0.3, 0.4) is 0 Å². The standard InChI is InChI=1S/C14H25N3OS/c1-4-5-6-9-17(11(2)3)10-12-7-8-13(19-12)14(18)16-15/h7-8,11H,4-6,9-10,15H2,1-3H3,(H,16,18). The predicted molar refractivity (Wildman–Crippen MR) is 81.0 cm³/mol. The van der Waals surface area contributed by atoms with E-state index in [1.165, 1.54) is 35.5 Å². The second kappa shape index (κ2) is 8.30. The summed E-state index contributed by atoms with van der Waals surface area (Å²) in [4.78, 5) is 15.8. The van der Waals surface area contributed by atoms with Gasteiger partial charge >= 0.3 is 0 Å². The van der Waals surface area contributed by atoms with Crippen molar-refractivity contribution in [1.29, 1.82) is 0 Å². The molecule has 19 heavy (non-hydrogen) atoms. The molecule has 0 bridgehead atoms. The van der Waals surface area contributed by atoms with Gasteiger partial charge in [0.1, 0.15) is 0 Å². The molecule has 0 radical (unpaired) electrons. The number of hydrogen-bond acceptors (Lipinski definition) is 4. The molecule has 0 fully saturated rings. The number of nitrogen functional groups attached to an aromatic ring is 1. The first-order chi connectivity index (χ1) is 9.08. The monoisotopic (exact) mass is 283 g/mol. The number of carbonyl (C=O) groups is 1. The Bertz CT molecular complexity index is 390. The summed E-state index contributed by atoms with van der Waals surface area (Å²) in [7, 11) is 0. The summed E-state index contributed by atoms with van der Waals surface area (Å²) in [5, 5.41) is 0. The van der Waals surface area contributed by atoms with Crippen LogP contribution < -0.4 is 11.3 Å². The van der Waals surface area contributed by atoms with Crippen LogP contribution in [0.4, 0.5) is 0 Å². The number of unbranched alkanes of at least 4 members (excludes halogenated alkanes) is 2. The number of carbonyl (C=O) groups excluding carboxylic acids is 1. The van der Waals surface area contributed by atoms with Gasteiger partial charge in [-0.3, -0.25) is 15.1 Å². The van der Waals surface area contributed by atoms with Crippen molar-refractivity contribution >= 4 is 17.2 Å². The quantitative estimate of drug-likeness (QED) is 0.334. The second-order valence-corrected chi connectivity index (χ2v) is 6.18. The number of amides is 1. The topological polar surface area (TPSA) is 58.4 Å². The van der Waals surface area contributed by atoms with Crippen molar-refractivity contribution in [2.45, 2.75) is 52.6 Å². The van der Waals surface area contributed by atoms with E-state index in [2.05, 4.69) is 31.1 Å². The van der Waals surface area contributed by atoms with Crippen LogP contribution in [-0.2, 0) is 6.54 Å². The minimum atomic E-state index is -0.210. The molecule has 0 atom stereocenters. The zero-order valence-corrected chi connectivity index (χ0v) is 12.9. The number of hydrazine groups is 1. The predicted octanol–water partition coefficient (Wildman–Crippen LogP) is 2.75. The molecule has 4 nitrogen and oxygen atoms in total. The van der Waals surface area contributed by atoms with Crippen LogP contribution in [0.25, 0.3) is 0 Å². The molecule has 0 aliphatic heterocycles. The fourth-order valence-electron chi connectivity index (χ4n) is 1.94. The first kappa shape index (κ1) is 16.1. The van der Waals surface area contributed by atoms with Crippen molar-refractivity contribution in [2.24, 2.45) is 5.84 Å². The molecule has 0 aromatic carbocycles. The molecule has 1 heterocycles. The van der Waals surface area contributed by atoms with E-state index in [0.717, 1.165) is 13.1 Å². The van der Waals surface area contributed by atoms with Crippen LogP contribution >= 0.6 is 11.3 Å². The number of thiophene rings is 1. The van der Waals surface area contributed by atoms with Gasteiger partial charge in [-0.05, 0) is 38.9 Å². The van der Waals surface area contributed by atoms with Gasteiger partial charge in [0.2, 0.25) is 0 Å². The maximum absolute atomic E-state index is 11.4. The fourth-order valence-corrected chi connectivity index (χ4v) is 2.88. The lowest BCUT2D eigenvalue weighted by Crippen LogP contribution is -2.31. The second-order valence-electron chi connectivity index (χ2n) is 5.01. The van der Waals surface area contributed by atoms with Gasteiger partial charge in [0.05, 0.1) is 4.88 Å². The average Bonchev–Trinajstić information content (AvgIpc) is 2.85. The number of rotatable bonds is 8. The van der Waals surface area contributed by atoms with Crippen LogP contribution in [0.2, 0.25) is 0 Å². The Hall–Kier alpha value is -0.910. The highest BCUT2D eigenvalue weighted by atomic mass is 32.1. The number of nitrogens with one attached hydrogen (secondary N) is 1. The Kier molecular flexibility index (Phi) is 7.05. The SMILES string of the molecule is CCCCCN(Cc1ccc(C(=O)NN)s1)C(C)C. The smallest absolute Gasteiger partial charge is 0.275 e. The zero-order valence-electron chi connectivity index (χ0n) is 12.1. The molecule has 108 valence electrons. The van der Waals surface area contributed by atoms with E-state index in [-0.39, 0.29) is 5.91 Å². The molecule has 1 aromatic rings. The van der Waals surface area contributed by atoms with Crippen LogP contribution in [0.15, 0.2) is 12.1 Å². The average molecular weight is 283 g/mol. The summed E-state index contributed by atoms with van der Waals surface area (Å²) in [5.74, 6) is 4.93. The Morgan fingerprint density at radius 3 is 2.74 bits per heavy atom. The summed E-state index contributed by atoms with van der Waals surface area (Å²) in [6, 6.07) is 4.38. The Morgan fingerprint density at radius 1 is 1.42 bits per heavy atom. The van der Waals surface area contributed by atoms with Crippen LogP contribution in [-0.4, -0.2) is 23.4 Å². The molecular weight excluding hydrogens is 258 g/mol. The van der Waals surface area contributed by atoms with Gasteiger partial charge in [0, 0.05) is 17.5 Å². The van der Waals surface area contributed by atoms with Crippen molar-refractivity contribution in [3.8, 4) is 0 Å². The summed E-state index contributed by atoms with van der Waals surface area (Å²) >= 11 is 1.52. The molecule has 5 heteroatoms. The van der Waals surface area contributed by atoms with E-state index < -0.39 is 0 Å². The number of nitrogens with two attached hydrogens (primary N) is 1. The Labute approximate surface area is 120 Å². The molecule has 1 rings (SSSR count). The van der Waals surface area contributed by atoms with Gasteiger partial charge in [-0.15, -0.1) is 11.3 Å². The third-order valence-corrected chi connectivity index (χ3v) is 4.22. The number of hydrogen-bond donors (Lipinski definition) is 2.